The van der Waals surface area contributed by atoms with Crippen LogP contribution in [0, 0.1) is 23.2 Å². The van der Waals surface area contributed by atoms with Gasteiger partial charge in [0.05, 0.1) is 5.69 Å². The number of rotatable bonds is 7. The lowest BCUT2D eigenvalue weighted by Gasteiger charge is -2.55. The average Bonchev–Trinajstić information content (AvgIpc) is 3.32. The third kappa shape index (κ3) is 4.90. The van der Waals surface area contributed by atoms with Gasteiger partial charge in [0.1, 0.15) is 5.01 Å². The summed E-state index contributed by atoms with van der Waals surface area (Å²) in [7, 11) is 0. The largest absolute Gasteiger partial charge is 0.355 e. The monoisotopic (exact) mass is 492 g/mol. The Morgan fingerprint density at radius 2 is 1.63 bits per heavy atom. The van der Waals surface area contributed by atoms with E-state index in [2.05, 4.69) is 27.7 Å². The van der Waals surface area contributed by atoms with E-state index in [1.54, 1.807) is 11.3 Å². The van der Waals surface area contributed by atoms with Crippen molar-refractivity contribution in [3.05, 3.63) is 41.4 Å². The van der Waals surface area contributed by atoms with E-state index in [4.69, 9.17) is 4.98 Å². The third-order valence-electron chi connectivity index (χ3n) is 8.83. The first-order chi connectivity index (χ1) is 17.1. The van der Waals surface area contributed by atoms with E-state index in [1.165, 1.54) is 19.3 Å². The molecule has 1 saturated heterocycles. The standard InChI is InChI=1S/C28H36N4O2S/c33-25(6-7-29-27(34)28-15-20-12-21(16-28)14-22(13-20)17-28)32-10-8-31(9-11-32)18-24-19-35-26(30-24)23-4-2-1-3-5-23/h1-5,19-22H,6-18H2,(H,29,34). The molecule has 2 heterocycles. The lowest BCUT2D eigenvalue weighted by atomic mass is 9.49. The fourth-order valence-electron chi connectivity index (χ4n) is 7.49. The molecule has 5 fully saturated rings. The molecule has 0 spiro atoms. The zero-order chi connectivity index (χ0) is 23.8. The van der Waals surface area contributed by atoms with Gasteiger partial charge in [0, 0.05) is 62.0 Å². The number of carbonyl (C=O) groups excluding carboxylic acids is 2. The molecule has 1 aromatic carbocycles. The maximum atomic E-state index is 13.1. The van der Waals surface area contributed by atoms with Gasteiger partial charge in [-0.1, -0.05) is 30.3 Å². The van der Waals surface area contributed by atoms with Crippen LogP contribution in [0.25, 0.3) is 10.6 Å². The van der Waals surface area contributed by atoms with E-state index in [9.17, 15) is 9.59 Å². The van der Waals surface area contributed by atoms with Crippen LogP contribution in [0.1, 0.15) is 50.6 Å². The van der Waals surface area contributed by atoms with Gasteiger partial charge in [-0.15, -0.1) is 11.3 Å². The molecule has 186 valence electrons. The summed E-state index contributed by atoms with van der Waals surface area (Å²) < 4.78 is 0. The van der Waals surface area contributed by atoms with Gasteiger partial charge >= 0.3 is 0 Å². The number of thiazole rings is 1. The van der Waals surface area contributed by atoms with Crippen molar-refractivity contribution in [2.45, 2.75) is 51.5 Å². The first kappa shape index (κ1) is 23.2. The molecule has 35 heavy (non-hydrogen) atoms. The molecule has 5 aliphatic rings. The van der Waals surface area contributed by atoms with Crippen molar-refractivity contribution in [1.29, 1.82) is 0 Å². The highest BCUT2D eigenvalue weighted by molar-refractivity contribution is 7.13. The highest BCUT2D eigenvalue weighted by atomic mass is 32.1. The fraction of sp³-hybridized carbons (Fsp3) is 0.607. The van der Waals surface area contributed by atoms with E-state index in [1.807, 2.05) is 23.1 Å². The molecule has 1 aromatic heterocycles. The number of piperazine rings is 1. The van der Waals surface area contributed by atoms with Crippen LogP contribution in [0.3, 0.4) is 0 Å². The van der Waals surface area contributed by atoms with Crippen LogP contribution >= 0.6 is 11.3 Å². The number of hydrogen-bond acceptors (Lipinski definition) is 5. The Hall–Kier alpha value is -2.25. The van der Waals surface area contributed by atoms with Crippen LogP contribution in [0.2, 0.25) is 0 Å². The number of aromatic nitrogens is 1. The van der Waals surface area contributed by atoms with Gasteiger partial charge in [-0.05, 0) is 56.3 Å². The summed E-state index contributed by atoms with van der Waals surface area (Å²) in [6, 6.07) is 10.3. The molecule has 4 saturated carbocycles. The Morgan fingerprint density at radius 3 is 2.29 bits per heavy atom. The summed E-state index contributed by atoms with van der Waals surface area (Å²) >= 11 is 1.69. The van der Waals surface area contributed by atoms with Crippen LogP contribution in [-0.2, 0) is 16.1 Å². The average molecular weight is 493 g/mol. The van der Waals surface area contributed by atoms with Gasteiger partial charge in [-0.25, -0.2) is 4.98 Å². The van der Waals surface area contributed by atoms with Gasteiger partial charge in [0.25, 0.3) is 0 Å². The lowest BCUT2D eigenvalue weighted by molar-refractivity contribution is -0.146. The van der Waals surface area contributed by atoms with Crippen LogP contribution in [0.4, 0.5) is 0 Å². The lowest BCUT2D eigenvalue weighted by Crippen LogP contribution is -2.54. The van der Waals surface area contributed by atoms with Crippen molar-refractivity contribution in [3.8, 4) is 10.6 Å². The van der Waals surface area contributed by atoms with Crippen LogP contribution in [-0.4, -0.2) is 59.3 Å². The number of nitrogens with one attached hydrogen (secondary N) is 1. The summed E-state index contributed by atoms with van der Waals surface area (Å²) in [5.41, 5.74) is 2.13. The molecular formula is C28H36N4O2S. The maximum Gasteiger partial charge on any atom is 0.226 e. The Bertz CT molecular complexity index is 1020. The van der Waals surface area contributed by atoms with Gasteiger partial charge in [-0.3, -0.25) is 14.5 Å². The Balaban J connectivity index is 0.934. The maximum absolute atomic E-state index is 13.1. The second kappa shape index (κ2) is 9.66. The number of benzene rings is 1. The predicted molar refractivity (Wildman–Crippen MR) is 138 cm³/mol. The number of hydrogen-bond donors (Lipinski definition) is 1. The highest BCUT2D eigenvalue weighted by Crippen LogP contribution is 2.60. The summed E-state index contributed by atoms with van der Waals surface area (Å²) in [6.45, 7) is 4.52. The number of nitrogens with zero attached hydrogens (tertiary/aromatic N) is 3. The smallest absolute Gasteiger partial charge is 0.226 e. The fourth-order valence-corrected chi connectivity index (χ4v) is 8.31. The van der Waals surface area contributed by atoms with E-state index in [0.29, 0.717) is 13.0 Å². The minimum Gasteiger partial charge on any atom is -0.355 e. The Kier molecular flexibility index (Phi) is 6.39. The summed E-state index contributed by atoms with van der Waals surface area (Å²) in [4.78, 5) is 35.1. The summed E-state index contributed by atoms with van der Waals surface area (Å²) in [5, 5.41) is 6.37. The normalized spacial score (nSPS) is 29.9. The van der Waals surface area contributed by atoms with E-state index < -0.39 is 0 Å². The van der Waals surface area contributed by atoms with Gasteiger partial charge in [-0.2, -0.15) is 0 Å². The number of amides is 2. The first-order valence-corrected chi connectivity index (χ1v) is 14.2. The molecule has 6 nitrogen and oxygen atoms in total. The number of carbonyl (C=O) groups is 2. The second-order valence-corrected chi connectivity index (χ2v) is 12.2. The Morgan fingerprint density at radius 1 is 0.971 bits per heavy atom. The highest BCUT2D eigenvalue weighted by Gasteiger charge is 2.54. The minimum absolute atomic E-state index is 0.126. The van der Waals surface area contributed by atoms with Crippen molar-refractivity contribution in [3.63, 3.8) is 0 Å². The quantitative estimate of drug-likeness (QED) is 0.630. The van der Waals surface area contributed by atoms with E-state index >= 15 is 0 Å². The third-order valence-corrected chi connectivity index (χ3v) is 9.77. The summed E-state index contributed by atoms with van der Waals surface area (Å²) in [5.74, 6) is 2.68. The Labute approximate surface area is 212 Å². The van der Waals surface area contributed by atoms with E-state index in [-0.39, 0.29) is 17.2 Å². The van der Waals surface area contributed by atoms with Crippen molar-refractivity contribution < 1.29 is 9.59 Å². The van der Waals surface area contributed by atoms with Crippen LogP contribution in [0.15, 0.2) is 35.7 Å². The van der Waals surface area contributed by atoms with Crippen LogP contribution < -0.4 is 5.32 Å². The molecular weight excluding hydrogens is 456 g/mol. The molecule has 2 amide bonds. The SMILES string of the molecule is O=C(CCNC(=O)C12CC3CC(CC(C3)C1)C2)N1CCN(Cc2csc(-c3ccccc3)n2)CC1. The molecule has 0 unspecified atom stereocenters. The minimum atomic E-state index is -0.126. The second-order valence-electron chi connectivity index (χ2n) is 11.4. The van der Waals surface area contributed by atoms with Gasteiger partial charge in [0.15, 0.2) is 0 Å². The van der Waals surface area contributed by atoms with Crippen molar-refractivity contribution in [2.75, 3.05) is 32.7 Å². The van der Waals surface area contributed by atoms with Crippen molar-refractivity contribution in [2.24, 2.45) is 23.2 Å². The van der Waals surface area contributed by atoms with Crippen LogP contribution in [0.5, 0.6) is 0 Å². The topological polar surface area (TPSA) is 65.5 Å². The predicted octanol–water partition coefficient (Wildman–Crippen LogP) is 4.18. The van der Waals surface area contributed by atoms with Gasteiger partial charge in [0.2, 0.25) is 11.8 Å². The zero-order valence-corrected chi connectivity index (χ0v) is 21.3. The molecule has 1 aliphatic heterocycles. The molecule has 7 heteroatoms. The van der Waals surface area contributed by atoms with Gasteiger partial charge < -0.3 is 10.2 Å². The van der Waals surface area contributed by atoms with Crippen molar-refractivity contribution in [1.82, 2.24) is 20.1 Å². The molecule has 4 aliphatic carbocycles. The summed E-state index contributed by atoms with van der Waals surface area (Å²) in [6.07, 6.45) is 7.66. The molecule has 1 N–H and O–H groups in total. The first-order valence-electron chi connectivity index (χ1n) is 13.3. The molecule has 0 atom stereocenters. The van der Waals surface area contributed by atoms with E-state index in [0.717, 1.165) is 86.0 Å². The molecule has 2 aromatic rings. The van der Waals surface area contributed by atoms with Crippen molar-refractivity contribution >= 4 is 23.2 Å². The molecule has 0 radical (unpaired) electrons. The molecule has 7 rings (SSSR count). The molecule has 4 bridgehead atoms. The zero-order valence-electron chi connectivity index (χ0n) is 20.5.